The fraction of sp³-hybridized carbons (Fsp3) is 0.699. The monoisotopic (exact) mass is 1080 g/mol. The van der Waals surface area contributed by atoms with Gasteiger partial charge in [0.05, 0.1) is 6.61 Å². The summed E-state index contributed by atoms with van der Waals surface area (Å²) in [5.41, 5.74) is 0. The first-order valence-corrected chi connectivity index (χ1v) is 33.1. The standard InChI is InChI=1S/C73H124O5/c1-3-5-7-9-11-13-15-17-19-21-23-25-27-29-30-31-32-33-34-35-36-37-38-39-40-41-42-44-46-48-50-52-54-56-58-60-62-64-66-68-73(76)78-71(69-74)70-77-72(75)67-65-63-61-59-57-55-53-51-49-47-45-43-28-26-24-22-20-18-16-14-12-10-8-6-4-2/h5,7,11,13,16-19,22-25,29-30,32-33,35-36,38-39,71,74H,3-4,6,8-10,12,14-15,20-21,26-28,31,34,37,40-70H2,1-2H3/b7-5-,13-11-,18-16-,19-17-,24-22-,25-23-,30-29-,33-32-,36-35-,39-38-. The SMILES string of the molecule is CC/C=C\C/C=C\C/C=C\C/C=C\C/C=C\C/C=C\C/C=C\C/C=C\CCCCCCCCCCCCCCCCC(=O)OC(CO)COC(=O)CCCCCCCCCCCCCCC/C=C\C/C=C\CCCCCCC. The molecule has 0 aromatic heterocycles. The molecule has 0 aromatic carbocycles. The third-order valence-corrected chi connectivity index (χ3v) is 14.2. The van der Waals surface area contributed by atoms with Gasteiger partial charge in [-0.15, -0.1) is 0 Å². The van der Waals surface area contributed by atoms with E-state index in [0.717, 1.165) is 96.3 Å². The van der Waals surface area contributed by atoms with Crippen molar-refractivity contribution in [2.45, 2.75) is 315 Å². The maximum absolute atomic E-state index is 12.4. The Kier molecular flexibility index (Phi) is 64.4. The first-order chi connectivity index (χ1) is 38.6. The average Bonchev–Trinajstić information content (AvgIpc) is 3.44. The molecule has 78 heavy (non-hydrogen) atoms. The number of carbonyl (C=O) groups excluding carboxylic acids is 2. The van der Waals surface area contributed by atoms with Crippen LogP contribution in [0, 0.1) is 0 Å². The Morgan fingerprint density at radius 2 is 0.551 bits per heavy atom. The molecule has 5 heteroatoms. The number of unbranched alkanes of at least 4 members (excludes halogenated alkanes) is 32. The fourth-order valence-electron chi connectivity index (χ4n) is 9.31. The van der Waals surface area contributed by atoms with Crippen LogP contribution in [0.5, 0.6) is 0 Å². The predicted molar refractivity (Wildman–Crippen MR) is 343 cm³/mol. The van der Waals surface area contributed by atoms with Gasteiger partial charge >= 0.3 is 11.9 Å². The van der Waals surface area contributed by atoms with E-state index in [1.807, 2.05) is 0 Å². The molecule has 0 rings (SSSR count). The van der Waals surface area contributed by atoms with Crippen LogP contribution in [0.1, 0.15) is 309 Å². The van der Waals surface area contributed by atoms with Crippen LogP contribution in [0.15, 0.2) is 122 Å². The second kappa shape index (κ2) is 67.6. The van der Waals surface area contributed by atoms with E-state index in [-0.39, 0.29) is 25.2 Å². The second-order valence-corrected chi connectivity index (χ2v) is 21.8. The summed E-state index contributed by atoms with van der Waals surface area (Å²) in [6, 6.07) is 0. The highest BCUT2D eigenvalue weighted by molar-refractivity contribution is 5.70. The first-order valence-electron chi connectivity index (χ1n) is 33.1. The zero-order valence-electron chi connectivity index (χ0n) is 51.1. The van der Waals surface area contributed by atoms with Crippen LogP contribution >= 0.6 is 0 Å². The number of aliphatic hydroxyl groups excluding tert-OH is 1. The van der Waals surface area contributed by atoms with Gasteiger partial charge in [-0.2, -0.15) is 0 Å². The van der Waals surface area contributed by atoms with E-state index in [1.54, 1.807) is 0 Å². The van der Waals surface area contributed by atoms with Crippen molar-refractivity contribution in [1.82, 2.24) is 0 Å². The van der Waals surface area contributed by atoms with Crippen molar-refractivity contribution >= 4 is 11.9 Å². The summed E-state index contributed by atoms with van der Waals surface area (Å²) in [4.78, 5) is 24.6. The summed E-state index contributed by atoms with van der Waals surface area (Å²) in [6.45, 7) is 4.04. The number of carbonyl (C=O) groups is 2. The molecule has 0 aliphatic heterocycles. The molecular weight excluding hydrogens is 957 g/mol. The second-order valence-electron chi connectivity index (χ2n) is 21.8. The zero-order valence-corrected chi connectivity index (χ0v) is 51.1. The van der Waals surface area contributed by atoms with Gasteiger partial charge in [0.15, 0.2) is 6.10 Å². The van der Waals surface area contributed by atoms with Crippen molar-refractivity contribution in [1.29, 1.82) is 0 Å². The Hall–Kier alpha value is -3.70. The van der Waals surface area contributed by atoms with Gasteiger partial charge in [-0.1, -0.05) is 309 Å². The number of esters is 2. The van der Waals surface area contributed by atoms with E-state index in [1.165, 1.54) is 186 Å². The van der Waals surface area contributed by atoms with Gasteiger partial charge in [-0.25, -0.2) is 0 Å². The van der Waals surface area contributed by atoms with E-state index < -0.39 is 6.10 Å². The van der Waals surface area contributed by atoms with Crippen molar-refractivity contribution in [3.63, 3.8) is 0 Å². The predicted octanol–water partition coefficient (Wildman–Crippen LogP) is 23.0. The van der Waals surface area contributed by atoms with E-state index in [9.17, 15) is 14.7 Å². The Morgan fingerprint density at radius 3 is 0.833 bits per heavy atom. The van der Waals surface area contributed by atoms with Crippen LogP contribution in [0.25, 0.3) is 0 Å². The third kappa shape index (κ3) is 64.8. The van der Waals surface area contributed by atoms with E-state index >= 15 is 0 Å². The molecule has 0 fully saturated rings. The Bertz CT molecular complexity index is 1550. The van der Waals surface area contributed by atoms with E-state index in [0.29, 0.717) is 12.8 Å². The van der Waals surface area contributed by atoms with Crippen molar-refractivity contribution in [2.75, 3.05) is 13.2 Å². The molecule has 5 nitrogen and oxygen atoms in total. The largest absolute Gasteiger partial charge is 0.462 e. The summed E-state index contributed by atoms with van der Waals surface area (Å²) in [6.07, 6.45) is 99.2. The lowest BCUT2D eigenvalue weighted by atomic mass is 10.0. The van der Waals surface area contributed by atoms with Crippen LogP contribution in [-0.2, 0) is 19.1 Å². The summed E-state index contributed by atoms with van der Waals surface area (Å²) in [7, 11) is 0. The van der Waals surface area contributed by atoms with Crippen molar-refractivity contribution in [3.05, 3.63) is 122 Å². The quantitative estimate of drug-likeness (QED) is 0.0373. The van der Waals surface area contributed by atoms with Crippen molar-refractivity contribution < 1.29 is 24.2 Å². The number of ether oxygens (including phenoxy) is 2. The minimum atomic E-state index is -0.780. The summed E-state index contributed by atoms with van der Waals surface area (Å²) < 4.78 is 10.7. The molecule has 1 N–H and O–H groups in total. The van der Waals surface area contributed by atoms with Gasteiger partial charge < -0.3 is 14.6 Å². The molecule has 0 amide bonds. The number of hydrogen-bond acceptors (Lipinski definition) is 5. The molecule has 0 aromatic rings. The van der Waals surface area contributed by atoms with Crippen LogP contribution < -0.4 is 0 Å². The van der Waals surface area contributed by atoms with Gasteiger partial charge in [0, 0.05) is 12.8 Å². The summed E-state index contributed by atoms with van der Waals surface area (Å²) in [5.74, 6) is -0.586. The van der Waals surface area contributed by atoms with Crippen LogP contribution in [0.3, 0.4) is 0 Å². The van der Waals surface area contributed by atoms with Crippen LogP contribution in [-0.4, -0.2) is 36.4 Å². The zero-order chi connectivity index (χ0) is 56.2. The van der Waals surface area contributed by atoms with E-state index in [2.05, 4.69) is 135 Å². The lowest BCUT2D eigenvalue weighted by Crippen LogP contribution is -2.28. The molecular formula is C73H124O5. The number of hydrogen-bond donors (Lipinski definition) is 1. The molecule has 0 saturated carbocycles. The van der Waals surface area contributed by atoms with Gasteiger partial charge in [-0.05, 0) is 109 Å². The average molecular weight is 1080 g/mol. The Morgan fingerprint density at radius 1 is 0.308 bits per heavy atom. The first kappa shape index (κ1) is 74.3. The van der Waals surface area contributed by atoms with Gasteiger partial charge in [-0.3, -0.25) is 9.59 Å². The minimum Gasteiger partial charge on any atom is -0.462 e. The van der Waals surface area contributed by atoms with Crippen molar-refractivity contribution in [2.24, 2.45) is 0 Å². The normalized spacial score (nSPS) is 13.0. The molecule has 0 spiro atoms. The molecule has 0 saturated heterocycles. The molecule has 0 radical (unpaired) electrons. The highest BCUT2D eigenvalue weighted by Crippen LogP contribution is 2.17. The van der Waals surface area contributed by atoms with Gasteiger partial charge in [0.25, 0.3) is 0 Å². The van der Waals surface area contributed by atoms with Crippen LogP contribution in [0.4, 0.5) is 0 Å². The smallest absolute Gasteiger partial charge is 0.306 e. The number of rotatable bonds is 60. The van der Waals surface area contributed by atoms with E-state index in [4.69, 9.17) is 9.47 Å². The maximum atomic E-state index is 12.4. The van der Waals surface area contributed by atoms with Gasteiger partial charge in [0.2, 0.25) is 0 Å². The van der Waals surface area contributed by atoms with Crippen molar-refractivity contribution in [3.8, 4) is 0 Å². The summed E-state index contributed by atoms with van der Waals surface area (Å²) >= 11 is 0. The molecule has 0 bridgehead atoms. The topological polar surface area (TPSA) is 72.8 Å². The number of allylic oxidation sites excluding steroid dienone is 20. The van der Waals surface area contributed by atoms with Crippen LogP contribution in [0.2, 0.25) is 0 Å². The third-order valence-electron chi connectivity index (χ3n) is 14.2. The molecule has 0 aliphatic rings. The molecule has 446 valence electrons. The maximum Gasteiger partial charge on any atom is 0.306 e. The highest BCUT2D eigenvalue weighted by atomic mass is 16.6. The lowest BCUT2D eigenvalue weighted by Gasteiger charge is -2.15. The molecule has 1 unspecified atom stereocenters. The highest BCUT2D eigenvalue weighted by Gasteiger charge is 2.16. The molecule has 0 aliphatic carbocycles. The molecule has 1 atom stereocenters. The summed E-state index contributed by atoms with van der Waals surface area (Å²) in [5, 5.41) is 9.69. The van der Waals surface area contributed by atoms with Gasteiger partial charge in [0.1, 0.15) is 6.61 Å². The lowest BCUT2D eigenvalue weighted by molar-refractivity contribution is -0.161. The Balaban J connectivity index is 3.50. The number of aliphatic hydroxyl groups is 1. The minimum absolute atomic E-state index is 0.0690. The molecule has 0 heterocycles. The Labute approximate surface area is 483 Å². The fourth-order valence-corrected chi connectivity index (χ4v) is 9.31.